The van der Waals surface area contributed by atoms with E-state index in [9.17, 15) is 0 Å². The lowest BCUT2D eigenvalue weighted by Gasteiger charge is -2.32. The van der Waals surface area contributed by atoms with Gasteiger partial charge in [-0.25, -0.2) is 4.98 Å². The van der Waals surface area contributed by atoms with Crippen molar-refractivity contribution in [3.05, 3.63) is 23.9 Å². The van der Waals surface area contributed by atoms with E-state index in [1.807, 2.05) is 6.20 Å². The average Bonchev–Trinajstić information content (AvgIpc) is 2.72. The predicted molar refractivity (Wildman–Crippen MR) is 90.7 cm³/mol. The van der Waals surface area contributed by atoms with Gasteiger partial charge >= 0.3 is 0 Å². The van der Waals surface area contributed by atoms with Crippen molar-refractivity contribution >= 4 is 5.82 Å². The van der Waals surface area contributed by atoms with Gasteiger partial charge in [-0.15, -0.1) is 0 Å². The standard InChI is InChI=1S/C18H31N3/c1-4-17-10-6-5-7-12-21(17)18-16(9-8-11-20-18)14-19-13-15(2)3/h8-9,11,15,17,19H,4-7,10,12-14H2,1-3H3. The summed E-state index contributed by atoms with van der Waals surface area (Å²) >= 11 is 0. The van der Waals surface area contributed by atoms with Crippen molar-refractivity contribution in [2.75, 3.05) is 18.0 Å². The molecule has 0 bridgehead atoms. The zero-order chi connectivity index (χ0) is 15.1. The molecule has 0 aliphatic carbocycles. The Morgan fingerprint density at radius 2 is 2.19 bits per heavy atom. The fourth-order valence-electron chi connectivity index (χ4n) is 3.20. The van der Waals surface area contributed by atoms with Gasteiger partial charge in [0.15, 0.2) is 0 Å². The summed E-state index contributed by atoms with van der Waals surface area (Å²) < 4.78 is 0. The minimum Gasteiger partial charge on any atom is -0.353 e. The van der Waals surface area contributed by atoms with Crippen molar-refractivity contribution in [2.45, 2.75) is 65.5 Å². The summed E-state index contributed by atoms with van der Waals surface area (Å²) in [5, 5.41) is 3.56. The second-order valence-electron chi connectivity index (χ2n) is 6.62. The van der Waals surface area contributed by atoms with Crippen LogP contribution in [0.1, 0.15) is 58.4 Å². The number of hydrogen-bond donors (Lipinski definition) is 1. The summed E-state index contributed by atoms with van der Waals surface area (Å²) in [6, 6.07) is 4.95. The van der Waals surface area contributed by atoms with Crippen molar-refractivity contribution in [2.24, 2.45) is 5.92 Å². The first-order chi connectivity index (χ1) is 10.2. The first-order valence-corrected chi connectivity index (χ1v) is 8.63. The van der Waals surface area contributed by atoms with Crippen LogP contribution in [0.3, 0.4) is 0 Å². The third kappa shape index (κ3) is 4.70. The molecule has 1 aliphatic heterocycles. The van der Waals surface area contributed by atoms with Crippen molar-refractivity contribution in [3.8, 4) is 0 Å². The molecule has 1 saturated heterocycles. The van der Waals surface area contributed by atoms with Crippen LogP contribution in [-0.4, -0.2) is 24.1 Å². The molecular formula is C18H31N3. The zero-order valence-electron chi connectivity index (χ0n) is 13.9. The third-order valence-corrected chi connectivity index (χ3v) is 4.36. The molecule has 21 heavy (non-hydrogen) atoms. The molecule has 0 spiro atoms. The highest BCUT2D eigenvalue weighted by molar-refractivity contribution is 5.47. The van der Waals surface area contributed by atoms with Gasteiger partial charge in [0, 0.05) is 30.9 Å². The van der Waals surface area contributed by atoms with Crippen LogP contribution in [0.2, 0.25) is 0 Å². The Morgan fingerprint density at radius 1 is 1.33 bits per heavy atom. The lowest BCUT2D eigenvalue weighted by Crippen LogP contribution is -2.36. The second-order valence-corrected chi connectivity index (χ2v) is 6.62. The van der Waals surface area contributed by atoms with E-state index in [0.717, 1.165) is 19.6 Å². The van der Waals surface area contributed by atoms with Crippen molar-refractivity contribution in [1.82, 2.24) is 10.3 Å². The number of hydrogen-bond acceptors (Lipinski definition) is 3. The van der Waals surface area contributed by atoms with E-state index >= 15 is 0 Å². The Labute approximate surface area is 130 Å². The summed E-state index contributed by atoms with van der Waals surface area (Å²) in [7, 11) is 0. The van der Waals surface area contributed by atoms with E-state index in [0.29, 0.717) is 12.0 Å². The number of anilines is 1. The van der Waals surface area contributed by atoms with Crippen molar-refractivity contribution in [1.29, 1.82) is 0 Å². The molecule has 0 amide bonds. The summed E-state index contributed by atoms with van der Waals surface area (Å²) in [5.74, 6) is 1.90. The van der Waals surface area contributed by atoms with Gasteiger partial charge < -0.3 is 10.2 Å². The molecule has 3 heteroatoms. The molecule has 0 radical (unpaired) electrons. The minimum atomic E-state index is 0.659. The smallest absolute Gasteiger partial charge is 0.133 e. The monoisotopic (exact) mass is 289 g/mol. The average molecular weight is 289 g/mol. The minimum absolute atomic E-state index is 0.659. The first kappa shape index (κ1) is 16.3. The SMILES string of the molecule is CCC1CCCCCN1c1ncccc1CNCC(C)C. The fraction of sp³-hybridized carbons (Fsp3) is 0.722. The molecule has 2 rings (SSSR count). The van der Waals surface area contributed by atoms with Crippen LogP contribution in [-0.2, 0) is 6.54 Å². The molecule has 0 aromatic carbocycles. The molecule has 1 N–H and O–H groups in total. The van der Waals surface area contributed by atoms with Crippen LogP contribution < -0.4 is 10.2 Å². The maximum atomic E-state index is 4.73. The number of rotatable bonds is 6. The Kier molecular flexibility index (Phi) is 6.50. The topological polar surface area (TPSA) is 28.2 Å². The summed E-state index contributed by atoms with van der Waals surface area (Å²) in [6.07, 6.45) is 8.50. The van der Waals surface area contributed by atoms with Crippen LogP contribution in [0.4, 0.5) is 5.82 Å². The molecule has 1 unspecified atom stereocenters. The molecule has 118 valence electrons. The van der Waals surface area contributed by atoms with E-state index in [1.54, 1.807) is 0 Å². The lowest BCUT2D eigenvalue weighted by atomic mass is 10.1. The highest BCUT2D eigenvalue weighted by Gasteiger charge is 2.22. The maximum absolute atomic E-state index is 4.73. The predicted octanol–water partition coefficient (Wildman–Crippen LogP) is 3.99. The highest BCUT2D eigenvalue weighted by atomic mass is 15.2. The summed E-state index contributed by atoms with van der Waals surface area (Å²) in [5.41, 5.74) is 1.35. The Morgan fingerprint density at radius 3 is 2.95 bits per heavy atom. The van der Waals surface area contributed by atoms with E-state index in [4.69, 9.17) is 4.98 Å². The summed E-state index contributed by atoms with van der Waals surface area (Å²) in [4.78, 5) is 7.29. The molecule has 2 heterocycles. The molecule has 1 fully saturated rings. The molecular weight excluding hydrogens is 258 g/mol. The number of aromatic nitrogens is 1. The van der Waals surface area contributed by atoms with Gasteiger partial charge in [-0.2, -0.15) is 0 Å². The molecule has 1 aromatic rings. The Bertz CT molecular complexity index is 417. The molecule has 3 nitrogen and oxygen atoms in total. The normalized spacial score (nSPS) is 19.8. The van der Waals surface area contributed by atoms with E-state index < -0.39 is 0 Å². The third-order valence-electron chi connectivity index (χ3n) is 4.36. The van der Waals surface area contributed by atoms with Gasteiger partial charge in [0.1, 0.15) is 5.82 Å². The summed E-state index contributed by atoms with van der Waals surface area (Å²) in [6.45, 7) is 9.95. The van der Waals surface area contributed by atoms with Gasteiger partial charge in [0.25, 0.3) is 0 Å². The number of pyridine rings is 1. The van der Waals surface area contributed by atoms with Gasteiger partial charge in [0.05, 0.1) is 0 Å². The second kappa shape index (κ2) is 8.38. The Balaban J connectivity index is 2.12. The van der Waals surface area contributed by atoms with Crippen LogP contribution in [0.15, 0.2) is 18.3 Å². The van der Waals surface area contributed by atoms with Crippen LogP contribution in [0, 0.1) is 5.92 Å². The molecule has 1 atom stereocenters. The van der Waals surface area contributed by atoms with Gasteiger partial charge in [-0.3, -0.25) is 0 Å². The number of nitrogens with zero attached hydrogens (tertiary/aromatic N) is 2. The van der Waals surface area contributed by atoms with E-state index in [1.165, 1.54) is 43.5 Å². The van der Waals surface area contributed by atoms with Gasteiger partial charge in [-0.1, -0.05) is 39.7 Å². The van der Waals surface area contributed by atoms with Gasteiger partial charge in [-0.05, 0) is 37.8 Å². The molecule has 0 saturated carbocycles. The maximum Gasteiger partial charge on any atom is 0.133 e. The Hall–Kier alpha value is -1.09. The first-order valence-electron chi connectivity index (χ1n) is 8.63. The van der Waals surface area contributed by atoms with Crippen LogP contribution >= 0.6 is 0 Å². The number of nitrogens with one attached hydrogen (secondary N) is 1. The quantitative estimate of drug-likeness (QED) is 0.858. The van der Waals surface area contributed by atoms with Crippen molar-refractivity contribution < 1.29 is 0 Å². The zero-order valence-corrected chi connectivity index (χ0v) is 13.9. The largest absolute Gasteiger partial charge is 0.353 e. The fourth-order valence-corrected chi connectivity index (χ4v) is 3.20. The van der Waals surface area contributed by atoms with Crippen molar-refractivity contribution in [3.63, 3.8) is 0 Å². The van der Waals surface area contributed by atoms with Crippen LogP contribution in [0.5, 0.6) is 0 Å². The molecule has 1 aliphatic rings. The van der Waals surface area contributed by atoms with Crippen LogP contribution in [0.25, 0.3) is 0 Å². The van der Waals surface area contributed by atoms with E-state index in [-0.39, 0.29) is 0 Å². The highest BCUT2D eigenvalue weighted by Crippen LogP contribution is 2.26. The van der Waals surface area contributed by atoms with E-state index in [2.05, 4.69) is 43.1 Å². The molecule has 1 aromatic heterocycles. The lowest BCUT2D eigenvalue weighted by molar-refractivity contribution is 0.538. The van der Waals surface area contributed by atoms with Gasteiger partial charge in [0.2, 0.25) is 0 Å².